The second kappa shape index (κ2) is 3.77. The van der Waals surface area contributed by atoms with Gasteiger partial charge in [-0.15, -0.1) is 0 Å². The first kappa shape index (κ1) is 9.77. The normalized spacial score (nSPS) is 11.1. The van der Waals surface area contributed by atoms with Crippen LogP contribution >= 0.6 is 23.2 Å². The summed E-state index contributed by atoms with van der Waals surface area (Å²) in [6.45, 7) is 0.587. The lowest BCUT2D eigenvalue weighted by atomic mass is 10.3. The molecule has 14 heavy (non-hydrogen) atoms. The molecule has 1 N–H and O–H groups in total. The van der Waals surface area contributed by atoms with Crippen molar-refractivity contribution in [1.29, 1.82) is 0 Å². The Morgan fingerprint density at radius 3 is 2.79 bits per heavy atom. The van der Waals surface area contributed by atoms with Crippen LogP contribution in [-0.4, -0.2) is 12.0 Å². The summed E-state index contributed by atoms with van der Waals surface area (Å²) in [5.41, 5.74) is 1.38. The molecule has 1 aromatic carbocycles. The van der Waals surface area contributed by atoms with Crippen molar-refractivity contribution in [3.63, 3.8) is 0 Å². The zero-order valence-corrected chi connectivity index (χ0v) is 8.99. The summed E-state index contributed by atoms with van der Waals surface area (Å²) in [6, 6.07) is 3.37. The zero-order valence-electron chi connectivity index (χ0n) is 7.47. The van der Waals surface area contributed by atoms with E-state index in [1.54, 1.807) is 12.1 Å². The van der Waals surface area contributed by atoms with Gasteiger partial charge in [0, 0.05) is 6.07 Å². The van der Waals surface area contributed by atoms with Crippen molar-refractivity contribution >= 4 is 34.3 Å². The lowest BCUT2D eigenvalue weighted by molar-refractivity contribution is 0.511. The highest BCUT2D eigenvalue weighted by Gasteiger charge is 2.07. The van der Waals surface area contributed by atoms with Crippen LogP contribution in [0.3, 0.4) is 0 Å². The fourth-order valence-corrected chi connectivity index (χ4v) is 1.51. The SMILES string of the molecule is CNCc1nc2cc(Cl)c(Cl)cc2o1. The lowest BCUT2D eigenvalue weighted by Crippen LogP contribution is -2.04. The fraction of sp³-hybridized carbons (Fsp3) is 0.222. The molecule has 3 nitrogen and oxygen atoms in total. The molecule has 0 atom stereocenters. The predicted molar refractivity (Wildman–Crippen MR) is 56.8 cm³/mol. The van der Waals surface area contributed by atoms with Crippen LogP contribution in [0, 0.1) is 0 Å². The van der Waals surface area contributed by atoms with Crippen molar-refractivity contribution in [2.45, 2.75) is 6.54 Å². The zero-order chi connectivity index (χ0) is 10.1. The van der Waals surface area contributed by atoms with E-state index in [1.807, 2.05) is 7.05 Å². The van der Waals surface area contributed by atoms with Crippen LogP contribution in [0.15, 0.2) is 16.5 Å². The molecule has 0 amide bonds. The van der Waals surface area contributed by atoms with Gasteiger partial charge in [-0.05, 0) is 13.1 Å². The Morgan fingerprint density at radius 1 is 1.36 bits per heavy atom. The number of hydrogen-bond donors (Lipinski definition) is 1. The maximum absolute atomic E-state index is 5.84. The molecular formula is C9H8Cl2N2O. The Kier molecular flexibility index (Phi) is 2.63. The summed E-state index contributed by atoms with van der Waals surface area (Å²) in [6.07, 6.45) is 0. The van der Waals surface area contributed by atoms with E-state index in [2.05, 4.69) is 10.3 Å². The quantitative estimate of drug-likeness (QED) is 0.863. The first-order chi connectivity index (χ1) is 6.70. The van der Waals surface area contributed by atoms with Gasteiger partial charge in [0.1, 0.15) is 5.52 Å². The van der Waals surface area contributed by atoms with E-state index in [0.29, 0.717) is 28.1 Å². The Labute approximate surface area is 91.0 Å². The topological polar surface area (TPSA) is 38.1 Å². The minimum absolute atomic E-state index is 0.478. The van der Waals surface area contributed by atoms with Crippen LogP contribution in [0.2, 0.25) is 10.0 Å². The molecule has 1 aromatic heterocycles. The molecule has 0 unspecified atom stereocenters. The summed E-state index contributed by atoms with van der Waals surface area (Å²) in [5.74, 6) is 0.626. The Morgan fingerprint density at radius 2 is 2.07 bits per heavy atom. The molecule has 0 aliphatic carbocycles. The fourth-order valence-electron chi connectivity index (χ4n) is 1.20. The van der Waals surface area contributed by atoms with Crippen molar-refractivity contribution < 1.29 is 4.42 Å². The number of nitrogens with one attached hydrogen (secondary N) is 1. The molecule has 1 heterocycles. The van der Waals surface area contributed by atoms with Crippen LogP contribution in [0.4, 0.5) is 0 Å². The lowest BCUT2D eigenvalue weighted by Gasteiger charge is -1.92. The molecule has 2 rings (SSSR count). The van der Waals surface area contributed by atoms with Gasteiger partial charge >= 0.3 is 0 Å². The Balaban J connectivity index is 2.54. The van der Waals surface area contributed by atoms with Gasteiger partial charge in [0.15, 0.2) is 5.58 Å². The molecule has 0 aliphatic heterocycles. The number of benzene rings is 1. The molecule has 2 aromatic rings. The molecule has 0 saturated heterocycles. The summed E-state index contributed by atoms with van der Waals surface area (Å²) in [4.78, 5) is 4.23. The predicted octanol–water partition coefficient (Wildman–Crippen LogP) is 2.85. The maximum Gasteiger partial charge on any atom is 0.209 e. The molecule has 0 saturated carbocycles. The second-order valence-electron chi connectivity index (χ2n) is 2.87. The van der Waals surface area contributed by atoms with Crippen LogP contribution in [0.25, 0.3) is 11.1 Å². The molecule has 0 spiro atoms. The van der Waals surface area contributed by atoms with Gasteiger partial charge in [-0.1, -0.05) is 23.2 Å². The van der Waals surface area contributed by atoms with Gasteiger partial charge in [0.05, 0.1) is 16.6 Å². The summed E-state index contributed by atoms with van der Waals surface area (Å²) >= 11 is 11.7. The summed E-state index contributed by atoms with van der Waals surface area (Å²) in [7, 11) is 1.83. The number of rotatable bonds is 2. The molecule has 0 fully saturated rings. The largest absolute Gasteiger partial charge is 0.439 e. The number of halogens is 2. The highest BCUT2D eigenvalue weighted by Crippen LogP contribution is 2.27. The number of oxazole rings is 1. The Hall–Kier alpha value is -0.770. The van der Waals surface area contributed by atoms with Crippen molar-refractivity contribution in [2.24, 2.45) is 0 Å². The monoisotopic (exact) mass is 230 g/mol. The van der Waals surface area contributed by atoms with E-state index >= 15 is 0 Å². The van der Waals surface area contributed by atoms with Crippen molar-refractivity contribution in [3.8, 4) is 0 Å². The van der Waals surface area contributed by atoms with Gasteiger partial charge < -0.3 is 9.73 Å². The minimum atomic E-state index is 0.478. The summed E-state index contributed by atoms with van der Waals surface area (Å²) < 4.78 is 5.43. The smallest absolute Gasteiger partial charge is 0.209 e. The highest BCUT2D eigenvalue weighted by atomic mass is 35.5. The van der Waals surface area contributed by atoms with Crippen molar-refractivity contribution in [1.82, 2.24) is 10.3 Å². The van der Waals surface area contributed by atoms with Gasteiger partial charge in [0.2, 0.25) is 5.89 Å². The van der Waals surface area contributed by atoms with Gasteiger partial charge in [-0.2, -0.15) is 0 Å². The first-order valence-electron chi connectivity index (χ1n) is 4.10. The number of fused-ring (bicyclic) bond motifs is 1. The Bertz CT molecular complexity index is 428. The molecule has 0 radical (unpaired) electrons. The van der Waals surface area contributed by atoms with Gasteiger partial charge in [0.25, 0.3) is 0 Å². The number of hydrogen-bond acceptors (Lipinski definition) is 3. The molecule has 0 bridgehead atoms. The summed E-state index contributed by atoms with van der Waals surface area (Å²) in [5, 5.41) is 3.92. The van der Waals surface area contributed by atoms with E-state index in [-0.39, 0.29) is 0 Å². The van der Waals surface area contributed by atoms with Crippen molar-refractivity contribution in [2.75, 3.05) is 7.05 Å². The van der Waals surface area contributed by atoms with Crippen LogP contribution < -0.4 is 5.32 Å². The third kappa shape index (κ3) is 1.71. The van der Waals surface area contributed by atoms with Crippen LogP contribution in [0.1, 0.15) is 5.89 Å². The van der Waals surface area contributed by atoms with Crippen molar-refractivity contribution in [3.05, 3.63) is 28.1 Å². The van der Waals surface area contributed by atoms with E-state index < -0.39 is 0 Å². The third-order valence-corrected chi connectivity index (χ3v) is 2.52. The average Bonchev–Trinajstić information content (AvgIpc) is 2.48. The van der Waals surface area contributed by atoms with Gasteiger partial charge in [-0.3, -0.25) is 0 Å². The molecule has 74 valence electrons. The average molecular weight is 231 g/mol. The van der Waals surface area contributed by atoms with Crippen LogP contribution in [-0.2, 0) is 6.54 Å². The third-order valence-electron chi connectivity index (χ3n) is 1.80. The second-order valence-corrected chi connectivity index (χ2v) is 3.69. The first-order valence-corrected chi connectivity index (χ1v) is 4.85. The molecule has 0 aliphatic rings. The van der Waals surface area contributed by atoms with E-state index in [9.17, 15) is 0 Å². The molecule has 5 heteroatoms. The maximum atomic E-state index is 5.84. The van der Waals surface area contributed by atoms with E-state index in [1.165, 1.54) is 0 Å². The number of aromatic nitrogens is 1. The minimum Gasteiger partial charge on any atom is -0.439 e. The van der Waals surface area contributed by atoms with E-state index in [0.717, 1.165) is 5.52 Å². The van der Waals surface area contributed by atoms with Crippen LogP contribution in [0.5, 0.6) is 0 Å². The van der Waals surface area contributed by atoms with Gasteiger partial charge in [-0.25, -0.2) is 4.98 Å². The highest BCUT2D eigenvalue weighted by molar-refractivity contribution is 6.42. The number of nitrogens with zero attached hydrogens (tertiary/aromatic N) is 1. The molecular weight excluding hydrogens is 223 g/mol. The standard InChI is InChI=1S/C9H8Cl2N2O/c1-12-4-9-13-7-2-5(10)6(11)3-8(7)14-9/h2-3,12H,4H2,1H3. The van der Waals surface area contributed by atoms with E-state index in [4.69, 9.17) is 27.6 Å².